The van der Waals surface area contributed by atoms with Crippen LogP contribution in [0.4, 0.5) is 0 Å². The smallest absolute Gasteiger partial charge is 0.251 e. The van der Waals surface area contributed by atoms with E-state index in [4.69, 9.17) is 11.6 Å². The van der Waals surface area contributed by atoms with Crippen molar-refractivity contribution >= 4 is 17.5 Å². The molecule has 4 heteroatoms. The lowest BCUT2D eigenvalue weighted by Gasteiger charge is -2.18. The van der Waals surface area contributed by atoms with Gasteiger partial charge in [-0.3, -0.25) is 4.79 Å². The van der Waals surface area contributed by atoms with Gasteiger partial charge in [0.25, 0.3) is 5.91 Å². The second kappa shape index (κ2) is 6.50. The Labute approximate surface area is 107 Å². The first-order valence-electron chi connectivity index (χ1n) is 5.68. The summed E-state index contributed by atoms with van der Waals surface area (Å²) in [5.74, 6) is 0.752. The minimum Gasteiger partial charge on any atom is -0.508 e. The number of hydrogen-bond donors (Lipinski definition) is 2. The van der Waals surface area contributed by atoms with Gasteiger partial charge in [-0.05, 0) is 30.5 Å². The number of amides is 1. The van der Waals surface area contributed by atoms with Crippen LogP contribution in [0, 0.1) is 5.92 Å². The predicted octanol–water partition coefficient (Wildman–Crippen LogP) is 2.78. The van der Waals surface area contributed by atoms with E-state index in [-0.39, 0.29) is 17.7 Å². The lowest BCUT2D eigenvalue weighted by molar-refractivity contribution is 0.0936. The van der Waals surface area contributed by atoms with Gasteiger partial charge in [-0.25, -0.2) is 0 Å². The van der Waals surface area contributed by atoms with Gasteiger partial charge in [-0.1, -0.05) is 19.9 Å². The molecule has 1 atom stereocenters. The zero-order chi connectivity index (χ0) is 12.8. The number of carbonyl (C=O) groups excluding carboxylic acids is 1. The molecule has 17 heavy (non-hydrogen) atoms. The minimum atomic E-state index is -0.202. The molecule has 0 aromatic heterocycles. The first kappa shape index (κ1) is 13.8. The number of phenolic OH excluding ortho intramolecular Hbond substituents is 1. The first-order valence-corrected chi connectivity index (χ1v) is 6.22. The standard InChI is InChI=1S/C13H18ClNO2/c1-9(2)6-11(8-14)15-13(17)10-4-3-5-12(16)7-10/h3-5,7,9,11,16H,6,8H2,1-2H3,(H,15,17). The number of aromatic hydroxyl groups is 1. The van der Waals surface area contributed by atoms with E-state index in [2.05, 4.69) is 19.2 Å². The number of carbonyl (C=O) groups is 1. The third kappa shape index (κ3) is 4.65. The van der Waals surface area contributed by atoms with Crippen molar-refractivity contribution in [3.8, 4) is 5.75 Å². The number of rotatable bonds is 5. The van der Waals surface area contributed by atoms with Gasteiger partial charge in [0.2, 0.25) is 0 Å². The Morgan fingerprint density at radius 2 is 2.18 bits per heavy atom. The maximum atomic E-state index is 11.9. The molecule has 0 heterocycles. The fraction of sp³-hybridized carbons (Fsp3) is 0.462. The molecular formula is C13H18ClNO2. The molecule has 1 aromatic carbocycles. The molecule has 0 radical (unpaired) electrons. The van der Waals surface area contributed by atoms with Gasteiger partial charge in [0.15, 0.2) is 0 Å². The molecule has 1 unspecified atom stereocenters. The van der Waals surface area contributed by atoms with Crippen LogP contribution >= 0.6 is 11.6 Å². The van der Waals surface area contributed by atoms with Crippen LogP contribution in [0.1, 0.15) is 30.6 Å². The molecule has 0 fully saturated rings. The van der Waals surface area contributed by atoms with Gasteiger partial charge in [0.1, 0.15) is 5.75 Å². The zero-order valence-electron chi connectivity index (χ0n) is 10.1. The predicted molar refractivity (Wildman–Crippen MR) is 69.5 cm³/mol. The van der Waals surface area contributed by atoms with Crippen LogP contribution in [0.25, 0.3) is 0 Å². The summed E-state index contributed by atoms with van der Waals surface area (Å²) in [6.45, 7) is 4.17. The number of alkyl halides is 1. The number of benzene rings is 1. The van der Waals surface area contributed by atoms with Crippen molar-refractivity contribution in [2.75, 3.05) is 5.88 Å². The quantitative estimate of drug-likeness (QED) is 0.795. The van der Waals surface area contributed by atoms with Crippen molar-refractivity contribution in [3.05, 3.63) is 29.8 Å². The normalized spacial score (nSPS) is 12.5. The van der Waals surface area contributed by atoms with Crippen LogP contribution in [0.5, 0.6) is 5.75 Å². The highest BCUT2D eigenvalue weighted by atomic mass is 35.5. The molecule has 0 saturated carbocycles. The molecule has 0 aliphatic heterocycles. The van der Waals surface area contributed by atoms with Crippen molar-refractivity contribution in [3.63, 3.8) is 0 Å². The largest absolute Gasteiger partial charge is 0.508 e. The Morgan fingerprint density at radius 3 is 2.71 bits per heavy atom. The van der Waals surface area contributed by atoms with E-state index in [0.29, 0.717) is 17.4 Å². The van der Waals surface area contributed by atoms with Crippen molar-refractivity contribution < 1.29 is 9.90 Å². The van der Waals surface area contributed by atoms with Crippen LogP contribution in [0.15, 0.2) is 24.3 Å². The number of phenols is 1. The second-order valence-electron chi connectivity index (χ2n) is 4.50. The molecule has 1 amide bonds. The third-order valence-corrected chi connectivity index (χ3v) is 2.76. The van der Waals surface area contributed by atoms with Crippen LogP contribution in [-0.2, 0) is 0 Å². The second-order valence-corrected chi connectivity index (χ2v) is 4.81. The van der Waals surface area contributed by atoms with Gasteiger partial charge in [-0.2, -0.15) is 0 Å². The average Bonchev–Trinajstić information content (AvgIpc) is 2.27. The third-order valence-electron chi connectivity index (χ3n) is 2.39. The van der Waals surface area contributed by atoms with Crippen LogP contribution < -0.4 is 5.32 Å². The molecule has 0 aliphatic carbocycles. The Morgan fingerprint density at radius 1 is 1.47 bits per heavy atom. The van der Waals surface area contributed by atoms with Crippen molar-refractivity contribution in [1.29, 1.82) is 0 Å². The van der Waals surface area contributed by atoms with Gasteiger partial charge >= 0.3 is 0 Å². The highest BCUT2D eigenvalue weighted by Crippen LogP contribution is 2.12. The SMILES string of the molecule is CC(C)CC(CCl)NC(=O)c1cccc(O)c1. The molecule has 0 saturated heterocycles. The van der Waals surface area contributed by atoms with E-state index >= 15 is 0 Å². The lowest BCUT2D eigenvalue weighted by Crippen LogP contribution is -2.37. The summed E-state index contributed by atoms with van der Waals surface area (Å²) >= 11 is 5.81. The van der Waals surface area contributed by atoms with E-state index in [9.17, 15) is 9.90 Å². The molecule has 94 valence electrons. The summed E-state index contributed by atoms with van der Waals surface area (Å²) in [5.41, 5.74) is 0.448. The summed E-state index contributed by atoms with van der Waals surface area (Å²) in [6.07, 6.45) is 0.841. The molecule has 0 bridgehead atoms. The lowest BCUT2D eigenvalue weighted by atomic mass is 10.0. The van der Waals surface area contributed by atoms with E-state index in [1.165, 1.54) is 12.1 Å². The Hall–Kier alpha value is -1.22. The highest BCUT2D eigenvalue weighted by molar-refractivity contribution is 6.18. The van der Waals surface area contributed by atoms with Gasteiger partial charge < -0.3 is 10.4 Å². The molecule has 0 spiro atoms. The number of halogens is 1. The summed E-state index contributed by atoms with van der Waals surface area (Å²) in [7, 11) is 0. The monoisotopic (exact) mass is 255 g/mol. The number of hydrogen-bond acceptors (Lipinski definition) is 2. The van der Waals surface area contributed by atoms with Crippen molar-refractivity contribution in [2.24, 2.45) is 5.92 Å². The fourth-order valence-corrected chi connectivity index (χ4v) is 1.85. The van der Waals surface area contributed by atoms with Crippen molar-refractivity contribution in [2.45, 2.75) is 26.3 Å². The summed E-state index contributed by atoms with van der Waals surface area (Å²) in [5, 5.41) is 12.2. The Balaban J connectivity index is 2.64. The van der Waals surface area contributed by atoms with E-state index in [1.807, 2.05) is 0 Å². The molecule has 0 aliphatic rings. The van der Waals surface area contributed by atoms with Gasteiger partial charge in [0, 0.05) is 17.5 Å². The first-order chi connectivity index (χ1) is 8.02. The molecule has 1 aromatic rings. The minimum absolute atomic E-state index is 0.0356. The molecule has 1 rings (SSSR count). The Bertz CT molecular complexity index is 379. The van der Waals surface area contributed by atoms with Crippen molar-refractivity contribution in [1.82, 2.24) is 5.32 Å². The van der Waals surface area contributed by atoms with Crippen LogP contribution in [-0.4, -0.2) is 22.9 Å². The van der Waals surface area contributed by atoms with E-state index < -0.39 is 0 Å². The van der Waals surface area contributed by atoms with Gasteiger partial charge in [-0.15, -0.1) is 11.6 Å². The summed E-state index contributed by atoms with van der Waals surface area (Å²) in [4.78, 5) is 11.9. The molecular weight excluding hydrogens is 238 g/mol. The molecule has 2 N–H and O–H groups in total. The van der Waals surface area contributed by atoms with E-state index in [0.717, 1.165) is 6.42 Å². The molecule has 3 nitrogen and oxygen atoms in total. The van der Waals surface area contributed by atoms with E-state index in [1.54, 1.807) is 12.1 Å². The maximum Gasteiger partial charge on any atom is 0.251 e. The topological polar surface area (TPSA) is 49.3 Å². The van der Waals surface area contributed by atoms with Gasteiger partial charge in [0.05, 0.1) is 0 Å². The highest BCUT2D eigenvalue weighted by Gasteiger charge is 2.14. The maximum absolute atomic E-state index is 11.9. The van der Waals surface area contributed by atoms with Crippen LogP contribution in [0.3, 0.4) is 0 Å². The zero-order valence-corrected chi connectivity index (χ0v) is 10.9. The average molecular weight is 256 g/mol. The van der Waals surface area contributed by atoms with Crippen LogP contribution in [0.2, 0.25) is 0 Å². The summed E-state index contributed by atoms with van der Waals surface area (Å²) in [6, 6.07) is 6.24. The Kier molecular flexibility index (Phi) is 5.29. The fourth-order valence-electron chi connectivity index (χ4n) is 1.65. The summed E-state index contributed by atoms with van der Waals surface area (Å²) < 4.78 is 0. The number of nitrogens with one attached hydrogen (secondary N) is 1.